The molecule has 0 saturated heterocycles. The lowest BCUT2D eigenvalue weighted by Crippen LogP contribution is -2.18. The van der Waals surface area contributed by atoms with E-state index in [-0.39, 0.29) is 13.2 Å². The molecule has 0 bridgehead atoms. The van der Waals surface area contributed by atoms with Crippen molar-refractivity contribution >= 4 is 0 Å². The highest BCUT2D eigenvalue weighted by Gasteiger charge is 2.28. The first kappa shape index (κ1) is 13.8. The van der Waals surface area contributed by atoms with Gasteiger partial charge >= 0.3 is 6.36 Å². The molecule has 0 heterocycles. The van der Waals surface area contributed by atoms with Crippen LogP contribution in [0.4, 0.5) is 13.2 Å². The summed E-state index contributed by atoms with van der Waals surface area (Å²) in [5, 5.41) is 0. The fraction of sp³-hybridized carbons (Fsp3) is 0.455. The Morgan fingerprint density at radius 2 is 1.94 bits per heavy atom. The van der Waals surface area contributed by atoms with E-state index in [9.17, 15) is 13.2 Å². The van der Waals surface area contributed by atoms with Crippen LogP contribution in [0.5, 0.6) is 5.75 Å². The summed E-state index contributed by atoms with van der Waals surface area (Å²) in [4.78, 5) is 0. The summed E-state index contributed by atoms with van der Waals surface area (Å²) in [6.45, 7) is 1.37. The Morgan fingerprint density at radius 3 is 2.53 bits per heavy atom. The minimum Gasteiger partial charge on any atom is -0.491 e. The zero-order chi connectivity index (χ0) is 12.9. The van der Waals surface area contributed by atoms with Gasteiger partial charge in [0.2, 0.25) is 0 Å². The maximum atomic E-state index is 11.7. The van der Waals surface area contributed by atoms with Crippen LogP contribution < -0.4 is 10.5 Å². The van der Waals surface area contributed by atoms with E-state index in [1.165, 1.54) is 0 Å². The number of rotatable bonds is 5. The first-order valence-electron chi connectivity index (χ1n) is 5.06. The maximum Gasteiger partial charge on any atom is 0.522 e. The molecule has 0 aliphatic heterocycles. The monoisotopic (exact) mass is 249 g/mol. The second-order valence-electron chi connectivity index (χ2n) is 3.41. The fourth-order valence-corrected chi connectivity index (χ4v) is 1.38. The van der Waals surface area contributed by atoms with E-state index in [1.54, 1.807) is 19.1 Å². The molecule has 0 saturated carbocycles. The second-order valence-corrected chi connectivity index (χ2v) is 3.41. The number of alkyl halides is 3. The normalized spacial score (nSPS) is 11.6. The molecule has 1 aromatic rings. The fourth-order valence-electron chi connectivity index (χ4n) is 1.38. The van der Waals surface area contributed by atoms with Gasteiger partial charge in [-0.1, -0.05) is 18.2 Å². The highest BCUT2D eigenvalue weighted by atomic mass is 19.4. The van der Waals surface area contributed by atoms with Crippen LogP contribution in [0.25, 0.3) is 0 Å². The van der Waals surface area contributed by atoms with Gasteiger partial charge < -0.3 is 10.5 Å². The summed E-state index contributed by atoms with van der Waals surface area (Å²) in [7, 11) is 0. The van der Waals surface area contributed by atoms with Crippen LogP contribution in [-0.4, -0.2) is 19.6 Å². The van der Waals surface area contributed by atoms with Gasteiger partial charge in [-0.05, 0) is 12.5 Å². The van der Waals surface area contributed by atoms with Gasteiger partial charge in [0.15, 0.2) is 0 Å². The predicted molar refractivity (Wildman–Crippen MR) is 56.6 cm³/mol. The number of para-hydroxylation sites is 1. The minimum atomic E-state index is -4.62. The lowest BCUT2D eigenvalue weighted by Gasteiger charge is -2.13. The molecular formula is C11H14F3NO2. The van der Waals surface area contributed by atoms with Crippen molar-refractivity contribution in [1.82, 2.24) is 0 Å². The first-order valence-corrected chi connectivity index (χ1v) is 5.06. The van der Waals surface area contributed by atoms with Crippen molar-refractivity contribution in [3.63, 3.8) is 0 Å². The van der Waals surface area contributed by atoms with E-state index < -0.39 is 13.0 Å². The molecule has 17 heavy (non-hydrogen) atoms. The lowest BCUT2D eigenvalue weighted by atomic mass is 10.1. The molecule has 0 amide bonds. The van der Waals surface area contributed by atoms with E-state index in [2.05, 4.69) is 4.74 Å². The molecule has 0 aliphatic rings. The third-order valence-corrected chi connectivity index (χ3v) is 2.11. The third-order valence-electron chi connectivity index (χ3n) is 2.11. The van der Waals surface area contributed by atoms with Gasteiger partial charge in [0.25, 0.3) is 0 Å². The Kier molecular flexibility index (Phi) is 4.77. The molecular weight excluding hydrogens is 235 g/mol. The van der Waals surface area contributed by atoms with Crippen molar-refractivity contribution in [2.45, 2.75) is 19.8 Å². The summed E-state index contributed by atoms with van der Waals surface area (Å²) in [6.07, 6.45) is -4.62. The van der Waals surface area contributed by atoms with Crippen LogP contribution in [0.1, 0.15) is 11.1 Å². The second kappa shape index (κ2) is 5.88. The minimum absolute atomic E-state index is 0.169. The van der Waals surface area contributed by atoms with Crippen molar-refractivity contribution in [2.75, 3.05) is 13.2 Å². The standard InChI is InChI=1S/C11H14F3NO2/c1-8-3-2-4-9(7-15)10(8)16-5-6-17-11(12,13)14/h2-4H,5-7,15H2,1H3. The van der Waals surface area contributed by atoms with Crippen LogP contribution in [-0.2, 0) is 11.3 Å². The van der Waals surface area contributed by atoms with E-state index in [1.807, 2.05) is 6.07 Å². The Balaban J connectivity index is 2.52. The van der Waals surface area contributed by atoms with Gasteiger partial charge in [-0.3, -0.25) is 4.74 Å². The Morgan fingerprint density at radius 1 is 1.24 bits per heavy atom. The number of benzene rings is 1. The molecule has 0 aromatic heterocycles. The van der Waals surface area contributed by atoms with Crippen molar-refractivity contribution in [3.8, 4) is 5.75 Å². The molecule has 0 fully saturated rings. The van der Waals surface area contributed by atoms with Gasteiger partial charge in [0.05, 0.1) is 6.61 Å². The van der Waals surface area contributed by atoms with Crippen molar-refractivity contribution in [2.24, 2.45) is 5.73 Å². The molecule has 96 valence electrons. The SMILES string of the molecule is Cc1cccc(CN)c1OCCOC(F)(F)F. The predicted octanol–water partition coefficient (Wildman–Crippen LogP) is 2.37. The van der Waals surface area contributed by atoms with E-state index in [0.717, 1.165) is 11.1 Å². The summed E-state index contributed by atoms with van der Waals surface area (Å²) >= 11 is 0. The average molecular weight is 249 g/mol. The van der Waals surface area contributed by atoms with Crippen LogP contribution in [0.2, 0.25) is 0 Å². The van der Waals surface area contributed by atoms with E-state index >= 15 is 0 Å². The molecule has 2 N–H and O–H groups in total. The molecule has 6 heteroatoms. The molecule has 0 unspecified atom stereocenters. The number of hydrogen-bond acceptors (Lipinski definition) is 3. The lowest BCUT2D eigenvalue weighted by molar-refractivity contribution is -0.325. The summed E-state index contributed by atoms with van der Waals surface area (Å²) in [5.41, 5.74) is 7.10. The highest BCUT2D eigenvalue weighted by Crippen LogP contribution is 2.23. The number of aryl methyl sites for hydroxylation is 1. The summed E-state index contributed by atoms with van der Waals surface area (Å²) in [5.74, 6) is 0.528. The largest absolute Gasteiger partial charge is 0.522 e. The van der Waals surface area contributed by atoms with E-state index in [0.29, 0.717) is 5.75 Å². The quantitative estimate of drug-likeness (QED) is 0.815. The number of ether oxygens (including phenoxy) is 2. The maximum absolute atomic E-state index is 11.7. The Labute approximate surface area is 97.3 Å². The number of halogens is 3. The smallest absolute Gasteiger partial charge is 0.491 e. The molecule has 3 nitrogen and oxygen atoms in total. The molecule has 0 radical (unpaired) electrons. The highest BCUT2D eigenvalue weighted by molar-refractivity contribution is 5.40. The Bertz CT molecular complexity index is 366. The van der Waals surface area contributed by atoms with Gasteiger partial charge in [0, 0.05) is 12.1 Å². The van der Waals surface area contributed by atoms with Crippen molar-refractivity contribution < 1.29 is 22.6 Å². The molecule has 1 rings (SSSR count). The number of hydrogen-bond donors (Lipinski definition) is 1. The summed E-state index contributed by atoms with van der Waals surface area (Å²) < 4.78 is 44.0. The molecule has 0 atom stereocenters. The molecule has 0 aliphatic carbocycles. The van der Waals surface area contributed by atoms with Gasteiger partial charge in [0.1, 0.15) is 12.4 Å². The third kappa shape index (κ3) is 4.62. The van der Waals surface area contributed by atoms with E-state index in [4.69, 9.17) is 10.5 Å². The Hall–Kier alpha value is -1.27. The zero-order valence-corrected chi connectivity index (χ0v) is 9.38. The van der Waals surface area contributed by atoms with Gasteiger partial charge in [-0.15, -0.1) is 13.2 Å². The van der Waals surface area contributed by atoms with Crippen LogP contribution >= 0.6 is 0 Å². The zero-order valence-electron chi connectivity index (χ0n) is 9.38. The summed E-state index contributed by atoms with van der Waals surface area (Å²) in [6, 6.07) is 5.39. The van der Waals surface area contributed by atoms with Gasteiger partial charge in [-0.2, -0.15) is 0 Å². The van der Waals surface area contributed by atoms with Crippen LogP contribution in [0.3, 0.4) is 0 Å². The van der Waals surface area contributed by atoms with Crippen LogP contribution in [0.15, 0.2) is 18.2 Å². The topological polar surface area (TPSA) is 44.5 Å². The molecule has 1 aromatic carbocycles. The molecule has 0 spiro atoms. The van der Waals surface area contributed by atoms with Crippen molar-refractivity contribution in [3.05, 3.63) is 29.3 Å². The van der Waals surface area contributed by atoms with Gasteiger partial charge in [-0.25, -0.2) is 0 Å². The van der Waals surface area contributed by atoms with Crippen molar-refractivity contribution in [1.29, 1.82) is 0 Å². The average Bonchev–Trinajstić information content (AvgIpc) is 2.24. The van der Waals surface area contributed by atoms with Crippen LogP contribution in [0, 0.1) is 6.92 Å². The first-order chi connectivity index (χ1) is 7.94. The number of nitrogens with two attached hydrogens (primary N) is 1.